The molecule has 1 rings (SSSR count). The van der Waals surface area contributed by atoms with E-state index >= 15 is 0 Å². The molecule has 1 aromatic carbocycles. The Balaban J connectivity index is 2.87. The van der Waals surface area contributed by atoms with Crippen LogP contribution in [0.4, 0.5) is 18.9 Å². The van der Waals surface area contributed by atoms with E-state index in [1.165, 1.54) is 18.2 Å². The fourth-order valence-electron chi connectivity index (χ4n) is 1.02. The fourth-order valence-corrected chi connectivity index (χ4v) is 1.18. The zero-order chi connectivity index (χ0) is 12.3. The molecule has 16 heavy (non-hydrogen) atoms. The highest BCUT2D eigenvalue weighted by molar-refractivity contribution is 6.30. The van der Waals surface area contributed by atoms with Gasteiger partial charge in [-0.3, -0.25) is 0 Å². The topological polar surface area (TPSA) is 35.5 Å². The SMILES string of the molecule is CN([O-])c1cc(Cl)ccc1OCC(F)(F)F. The van der Waals surface area contributed by atoms with Crippen molar-refractivity contribution in [3.05, 3.63) is 28.4 Å². The summed E-state index contributed by atoms with van der Waals surface area (Å²) in [5.74, 6) is -0.153. The summed E-state index contributed by atoms with van der Waals surface area (Å²) in [6.45, 7) is -1.45. The Morgan fingerprint density at radius 3 is 2.56 bits per heavy atom. The van der Waals surface area contributed by atoms with Gasteiger partial charge in [0.05, 0.1) is 5.69 Å². The lowest BCUT2D eigenvalue weighted by Gasteiger charge is -2.27. The van der Waals surface area contributed by atoms with Gasteiger partial charge >= 0.3 is 6.18 Å². The first kappa shape index (κ1) is 12.9. The summed E-state index contributed by atoms with van der Waals surface area (Å²) in [4.78, 5) is 0. The predicted octanol–water partition coefficient (Wildman–Crippen LogP) is 3.22. The maximum absolute atomic E-state index is 11.9. The molecule has 0 saturated carbocycles. The van der Waals surface area contributed by atoms with Gasteiger partial charge in [-0.25, -0.2) is 0 Å². The maximum atomic E-state index is 11.9. The molecule has 0 radical (unpaired) electrons. The Kier molecular flexibility index (Phi) is 3.88. The van der Waals surface area contributed by atoms with Crippen molar-refractivity contribution >= 4 is 17.3 Å². The molecule has 0 unspecified atom stereocenters. The van der Waals surface area contributed by atoms with Crippen molar-refractivity contribution in [2.24, 2.45) is 0 Å². The molecule has 0 amide bonds. The van der Waals surface area contributed by atoms with E-state index < -0.39 is 12.8 Å². The Bertz CT molecular complexity index is 368. The van der Waals surface area contributed by atoms with Crippen molar-refractivity contribution < 1.29 is 17.9 Å². The van der Waals surface area contributed by atoms with Crippen LogP contribution in [0, 0.1) is 5.21 Å². The maximum Gasteiger partial charge on any atom is 0.422 e. The summed E-state index contributed by atoms with van der Waals surface area (Å²) in [6, 6.07) is 3.80. The number of rotatable bonds is 3. The van der Waals surface area contributed by atoms with Crippen LogP contribution in [0.25, 0.3) is 0 Å². The van der Waals surface area contributed by atoms with Gasteiger partial charge in [0.2, 0.25) is 0 Å². The minimum Gasteiger partial charge on any atom is -0.758 e. The van der Waals surface area contributed by atoms with E-state index in [-0.39, 0.29) is 16.5 Å². The van der Waals surface area contributed by atoms with Gasteiger partial charge in [0, 0.05) is 5.02 Å². The summed E-state index contributed by atoms with van der Waals surface area (Å²) in [6.07, 6.45) is -4.45. The normalized spacial score (nSPS) is 11.4. The number of halogens is 4. The highest BCUT2D eigenvalue weighted by Crippen LogP contribution is 2.31. The predicted molar refractivity (Wildman–Crippen MR) is 54.8 cm³/mol. The third-order valence-electron chi connectivity index (χ3n) is 1.65. The van der Waals surface area contributed by atoms with E-state index in [0.29, 0.717) is 5.06 Å². The Morgan fingerprint density at radius 1 is 1.44 bits per heavy atom. The number of anilines is 1. The number of nitrogens with zero attached hydrogens (tertiary/aromatic N) is 1. The quantitative estimate of drug-likeness (QED) is 0.777. The lowest BCUT2D eigenvalue weighted by atomic mass is 10.3. The number of hydrogen-bond donors (Lipinski definition) is 0. The van der Waals surface area contributed by atoms with Crippen LogP contribution in [0.5, 0.6) is 5.75 Å². The van der Waals surface area contributed by atoms with Crippen LogP contribution >= 0.6 is 11.6 Å². The third-order valence-corrected chi connectivity index (χ3v) is 1.89. The zero-order valence-corrected chi connectivity index (χ0v) is 8.97. The lowest BCUT2D eigenvalue weighted by molar-refractivity contribution is -0.153. The zero-order valence-electron chi connectivity index (χ0n) is 8.21. The van der Waals surface area contributed by atoms with E-state index in [1.807, 2.05) is 0 Å². The first-order chi connectivity index (χ1) is 7.29. The van der Waals surface area contributed by atoms with Crippen LogP contribution in [0.2, 0.25) is 5.02 Å². The summed E-state index contributed by atoms with van der Waals surface area (Å²) in [7, 11) is 1.14. The van der Waals surface area contributed by atoms with Gasteiger partial charge in [-0.05, 0) is 25.2 Å². The second kappa shape index (κ2) is 4.80. The highest BCUT2D eigenvalue weighted by Gasteiger charge is 2.28. The van der Waals surface area contributed by atoms with E-state index in [4.69, 9.17) is 11.6 Å². The van der Waals surface area contributed by atoms with E-state index in [1.54, 1.807) is 0 Å². The van der Waals surface area contributed by atoms with Gasteiger partial charge in [0.25, 0.3) is 0 Å². The molecule has 0 spiro atoms. The molecule has 0 saturated heterocycles. The van der Waals surface area contributed by atoms with Crippen LogP contribution in [0.15, 0.2) is 18.2 Å². The standard InChI is InChI=1S/C9H8ClF3NO2/c1-14(15)7-4-6(10)2-3-8(7)16-5-9(11,12)13/h2-4H,5H2,1H3/q-1. The van der Waals surface area contributed by atoms with Crippen molar-refractivity contribution in [3.8, 4) is 5.75 Å². The van der Waals surface area contributed by atoms with Crippen LogP contribution < -0.4 is 9.80 Å². The molecule has 0 atom stereocenters. The van der Waals surface area contributed by atoms with Gasteiger partial charge in [0.1, 0.15) is 5.75 Å². The van der Waals surface area contributed by atoms with Crippen molar-refractivity contribution in [2.45, 2.75) is 6.18 Å². The van der Waals surface area contributed by atoms with Gasteiger partial charge in [0.15, 0.2) is 6.61 Å². The molecule has 0 N–H and O–H groups in total. The first-order valence-corrected chi connectivity index (χ1v) is 4.57. The van der Waals surface area contributed by atoms with Crippen molar-refractivity contribution in [1.29, 1.82) is 0 Å². The first-order valence-electron chi connectivity index (χ1n) is 4.19. The van der Waals surface area contributed by atoms with E-state index in [9.17, 15) is 18.4 Å². The number of benzene rings is 1. The Labute approximate surface area is 94.9 Å². The van der Waals surface area contributed by atoms with Crippen LogP contribution in [-0.4, -0.2) is 19.8 Å². The van der Waals surface area contributed by atoms with Gasteiger partial charge < -0.3 is 15.0 Å². The van der Waals surface area contributed by atoms with Gasteiger partial charge in [-0.15, -0.1) is 0 Å². The molecule has 90 valence electrons. The number of hydrogen-bond acceptors (Lipinski definition) is 3. The summed E-state index contributed by atoms with van der Waals surface area (Å²) >= 11 is 5.61. The monoisotopic (exact) mass is 254 g/mol. The lowest BCUT2D eigenvalue weighted by Crippen LogP contribution is -2.20. The average molecular weight is 255 g/mol. The van der Waals surface area contributed by atoms with E-state index in [2.05, 4.69) is 4.74 Å². The smallest absolute Gasteiger partial charge is 0.422 e. The van der Waals surface area contributed by atoms with Gasteiger partial charge in [-0.1, -0.05) is 11.6 Å². The second-order valence-corrected chi connectivity index (χ2v) is 3.45. The number of hydroxylamine groups is 1. The van der Waals surface area contributed by atoms with Crippen molar-refractivity contribution in [3.63, 3.8) is 0 Å². The fraction of sp³-hybridized carbons (Fsp3) is 0.333. The molecule has 0 aliphatic rings. The Hall–Kier alpha value is -1.14. The molecule has 0 bridgehead atoms. The molecule has 0 fully saturated rings. The molecule has 0 aromatic heterocycles. The second-order valence-electron chi connectivity index (χ2n) is 3.01. The Morgan fingerprint density at radius 2 is 2.06 bits per heavy atom. The van der Waals surface area contributed by atoms with Crippen molar-refractivity contribution in [2.75, 3.05) is 18.7 Å². The van der Waals surface area contributed by atoms with Crippen LogP contribution in [0.3, 0.4) is 0 Å². The molecule has 0 aliphatic carbocycles. The summed E-state index contributed by atoms with van der Waals surface area (Å²) < 4.78 is 40.2. The summed E-state index contributed by atoms with van der Waals surface area (Å²) in [5, 5.41) is 11.7. The molecule has 1 aromatic rings. The molecule has 0 aliphatic heterocycles. The van der Waals surface area contributed by atoms with Crippen molar-refractivity contribution in [1.82, 2.24) is 0 Å². The summed E-state index contributed by atoms with van der Waals surface area (Å²) in [5.41, 5.74) is -0.0447. The molecule has 3 nitrogen and oxygen atoms in total. The largest absolute Gasteiger partial charge is 0.758 e. The van der Waals surface area contributed by atoms with Crippen LogP contribution in [0.1, 0.15) is 0 Å². The minimum absolute atomic E-state index is 0.0447. The molecular formula is C9H8ClF3NO2-. The minimum atomic E-state index is -4.45. The van der Waals surface area contributed by atoms with E-state index in [0.717, 1.165) is 7.05 Å². The average Bonchev–Trinajstić information content (AvgIpc) is 2.14. The molecule has 0 heterocycles. The number of ether oxygens (including phenoxy) is 1. The van der Waals surface area contributed by atoms with Crippen LogP contribution in [-0.2, 0) is 0 Å². The van der Waals surface area contributed by atoms with Gasteiger partial charge in [-0.2, -0.15) is 13.2 Å². The highest BCUT2D eigenvalue weighted by atomic mass is 35.5. The molecule has 7 heteroatoms. The number of alkyl halides is 3. The third kappa shape index (κ3) is 3.79. The molecular weight excluding hydrogens is 247 g/mol.